The van der Waals surface area contributed by atoms with Gasteiger partial charge in [-0.2, -0.15) is 0 Å². The van der Waals surface area contributed by atoms with E-state index in [4.69, 9.17) is 21.1 Å². The molecule has 126 valence electrons. The van der Waals surface area contributed by atoms with E-state index in [0.29, 0.717) is 18.9 Å². The van der Waals surface area contributed by atoms with Gasteiger partial charge in [0.2, 0.25) is 5.91 Å². The zero-order valence-electron chi connectivity index (χ0n) is 13.1. The SMILES string of the molecule is C[C@H](Sc1ccc2c(c1)OCCCO2)C(=O)Nc1cccnc1Cl. The number of benzene rings is 1. The minimum absolute atomic E-state index is 0.137. The Balaban J connectivity index is 1.66. The zero-order chi connectivity index (χ0) is 16.9. The van der Waals surface area contributed by atoms with Crippen LogP contribution in [0.5, 0.6) is 11.5 Å². The van der Waals surface area contributed by atoms with Crippen molar-refractivity contribution in [1.29, 1.82) is 0 Å². The van der Waals surface area contributed by atoms with Crippen molar-refractivity contribution in [2.24, 2.45) is 0 Å². The second kappa shape index (κ2) is 7.77. The van der Waals surface area contributed by atoms with Crippen LogP contribution in [0.2, 0.25) is 5.15 Å². The van der Waals surface area contributed by atoms with Crippen LogP contribution >= 0.6 is 23.4 Å². The van der Waals surface area contributed by atoms with E-state index in [1.807, 2.05) is 25.1 Å². The highest BCUT2D eigenvalue weighted by atomic mass is 35.5. The Labute approximate surface area is 149 Å². The number of thioether (sulfide) groups is 1. The Morgan fingerprint density at radius 3 is 2.88 bits per heavy atom. The molecule has 1 atom stereocenters. The first-order valence-electron chi connectivity index (χ1n) is 7.61. The molecule has 1 aliphatic rings. The molecule has 0 fully saturated rings. The fourth-order valence-electron chi connectivity index (χ4n) is 2.19. The lowest BCUT2D eigenvalue weighted by atomic mass is 10.3. The predicted molar refractivity (Wildman–Crippen MR) is 95.2 cm³/mol. The van der Waals surface area contributed by atoms with E-state index >= 15 is 0 Å². The smallest absolute Gasteiger partial charge is 0.237 e. The largest absolute Gasteiger partial charge is 0.490 e. The molecule has 2 heterocycles. The van der Waals surface area contributed by atoms with Crippen molar-refractivity contribution in [1.82, 2.24) is 4.98 Å². The number of nitrogens with one attached hydrogen (secondary N) is 1. The molecule has 0 radical (unpaired) electrons. The average molecular weight is 365 g/mol. The number of rotatable bonds is 4. The van der Waals surface area contributed by atoms with Gasteiger partial charge >= 0.3 is 0 Å². The van der Waals surface area contributed by atoms with Crippen molar-refractivity contribution in [3.8, 4) is 11.5 Å². The maximum Gasteiger partial charge on any atom is 0.237 e. The third kappa shape index (κ3) is 4.13. The summed E-state index contributed by atoms with van der Waals surface area (Å²) in [5.74, 6) is 1.33. The Hall–Kier alpha value is -1.92. The van der Waals surface area contributed by atoms with E-state index in [1.54, 1.807) is 18.3 Å². The number of fused-ring (bicyclic) bond motifs is 1. The van der Waals surface area contributed by atoms with Crippen LogP contribution in [0.3, 0.4) is 0 Å². The van der Waals surface area contributed by atoms with Crippen LogP contribution in [0.4, 0.5) is 5.69 Å². The summed E-state index contributed by atoms with van der Waals surface area (Å²) < 4.78 is 11.3. The number of nitrogens with zero attached hydrogens (tertiary/aromatic N) is 1. The van der Waals surface area contributed by atoms with E-state index in [9.17, 15) is 4.79 Å². The van der Waals surface area contributed by atoms with Gasteiger partial charge in [-0.05, 0) is 37.3 Å². The van der Waals surface area contributed by atoms with Crippen molar-refractivity contribution in [2.75, 3.05) is 18.5 Å². The van der Waals surface area contributed by atoms with E-state index in [2.05, 4.69) is 10.3 Å². The van der Waals surface area contributed by atoms with Gasteiger partial charge in [0.05, 0.1) is 24.2 Å². The molecular formula is C17H17ClN2O3S. The highest BCUT2D eigenvalue weighted by molar-refractivity contribution is 8.00. The summed E-state index contributed by atoms with van der Waals surface area (Å²) in [6.07, 6.45) is 2.44. The topological polar surface area (TPSA) is 60.5 Å². The molecule has 5 nitrogen and oxygen atoms in total. The van der Waals surface area contributed by atoms with Gasteiger partial charge in [0, 0.05) is 17.5 Å². The first-order valence-corrected chi connectivity index (χ1v) is 8.87. The molecule has 0 saturated carbocycles. The van der Waals surface area contributed by atoms with E-state index in [1.165, 1.54) is 11.8 Å². The predicted octanol–water partition coefficient (Wildman–Crippen LogP) is 4.02. The Bertz CT molecular complexity index is 742. The van der Waals surface area contributed by atoms with Gasteiger partial charge in [0.15, 0.2) is 16.7 Å². The van der Waals surface area contributed by atoms with Crippen LogP contribution < -0.4 is 14.8 Å². The number of carbonyl (C=O) groups is 1. The molecule has 1 aromatic carbocycles. The second-order valence-corrected chi connectivity index (χ2v) is 7.02. The normalized spacial score (nSPS) is 14.6. The highest BCUT2D eigenvalue weighted by Crippen LogP contribution is 2.35. The molecule has 0 unspecified atom stereocenters. The molecule has 1 aliphatic heterocycles. The molecule has 7 heteroatoms. The van der Waals surface area contributed by atoms with E-state index in [-0.39, 0.29) is 16.3 Å². The molecule has 1 aromatic heterocycles. The minimum Gasteiger partial charge on any atom is -0.490 e. The number of pyridine rings is 1. The molecular weight excluding hydrogens is 348 g/mol. The number of ether oxygens (including phenoxy) is 2. The number of hydrogen-bond acceptors (Lipinski definition) is 5. The minimum atomic E-state index is -0.300. The summed E-state index contributed by atoms with van der Waals surface area (Å²) in [7, 11) is 0. The van der Waals surface area contributed by atoms with Crippen LogP contribution in [-0.4, -0.2) is 29.4 Å². The lowest BCUT2D eigenvalue weighted by Gasteiger charge is -2.14. The van der Waals surface area contributed by atoms with Gasteiger partial charge in [-0.3, -0.25) is 4.79 Å². The quantitative estimate of drug-likeness (QED) is 0.656. The molecule has 0 aliphatic carbocycles. The number of anilines is 1. The van der Waals surface area contributed by atoms with Crippen LogP contribution in [-0.2, 0) is 4.79 Å². The molecule has 0 spiro atoms. The number of aromatic nitrogens is 1. The summed E-state index contributed by atoms with van der Waals surface area (Å²) in [6.45, 7) is 3.13. The van der Waals surface area contributed by atoms with Crippen molar-refractivity contribution in [3.63, 3.8) is 0 Å². The van der Waals surface area contributed by atoms with Crippen molar-refractivity contribution in [2.45, 2.75) is 23.5 Å². The first kappa shape index (κ1) is 16.9. The Kier molecular flexibility index (Phi) is 5.48. The van der Waals surface area contributed by atoms with Crippen LogP contribution in [0.15, 0.2) is 41.4 Å². The first-order chi connectivity index (χ1) is 11.6. The van der Waals surface area contributed by atoms with Crippen molar-refractivity contribution >= 4 is 35.0 Å². The monoisotopic (exact) mass is 364 g/mol. The standard InChI is InChI=1S/C17H17ClN2O3S/c1-11(17(21)20-13-4-2-7-19-16(13)18)24-12-5-6-14-15(10-12)23-9-3-8-22-14/h2,4-7,10-11H,3,8-9H2,1H3,(H,20,21)/t11-/m0/s1. The maximum atomic E-state index is 12.3. The number of amides is 1. The molecule has 3 rings (SSSR count). The molecule has 24 heavy (non-hydrogen) atoms. The second-order valence-electron chi connectivity index (χ2n) is 5.25. The lowest BCUT2D eigenvalue weighted by molar-refractivity contribution is -0.115. The number of carbonyl (C=O) groups excluding carboxylic acids is 1. The van der Waals surface area contributed by atoms with Gasteiger partial charge in [-0.25, -0.2) is 4.98 Å². The number of hydrogen-bond donors (Lipinski definition) is 1. The fourth-order valence-corrected chi connectivity index (χ4v) is 3.25. The van der Waals surface area contributed by atoms with Crippen molar-refractivity contribution < 1.29 is 14.3 Å². The highest BCUT2D eigenvalue weighted by Gasteiger charge is 2.18. The summed E-state index contributed by atoms with van der Waals surface area (Å²) in [6, 6.07) is 9.16. The third-order valence-corrected chi connectivity index (χ3v) is 4.81. The Morgan fingerprint density at radius 2 is 2.08 bits per heavy atom. The number of halogens is 1. The summed E-state index contributed by atoms with van der Waals surface area (Å²) >= 11 is 7.41. The van der Waals surface area contributed by atoms with Crippen LogP contribution in [0.25, 0.3) is 0 Å². The lowest BCUT2D eigenvalue weighted by Crippen LogP contribution is -2.22. The summed E-state index contributed by atoms with van der Waals surface area (Å²) in [5, 5.41) is 2.77. The van der Waals surface area contributed by atoms with E-state index < -0.39 is 0 Å². The summed E-state index contributed by atoms with van der Waals surface area (Å²) in [4.78, 5) is 17.2. The summed E-state index contributed by atoms with van der Waals surface area (Å²) in [5.41, 5.74) is 0.510. The van der Waals surface area contributed by atoms with Gasteiger partial charge in [0.1, 0.15) is 0 Å². The maximum absolute atomic E-state index is 12.3. The van der Waals surface area contributed by atoms with Crippen LogP contribution in [0.1, 0.15) is 13.3 Å². The van der Waals surface area contributed by atoms with Gasteiger partial charge in [0.25, 0.3) is 0 Å². The van der Waals surface area contributed by atoms with Gasteiger partial charge in [-0.1, -0.05) is 11.6 Å². The molecule has 0 saturated heterocycles. The molecule has 0 bridgehead atoms. The fraction of sp³-hybridized carbons (Fsp3) is 0.294. The van der Waals surface area contributed by atoms with Crippen molar-refractivity contribution in [3.05, 3.63) is 41.7 Å². The van der Waals surface area contributed by atoms with E-state index in [0.717, 1.165) is 22.8 Å². The van der Waals surface area contributed by atoms with Gasteiger partial charge in [-0.15, -0.1) is 11.8 Å². The van der Waals surface area contributed by atoms with Crippen LogP contribution in [0, 0.1) is 0 Å². The zero-order valence-corrected chi connectivity index (χ0v) is 14.7. The average Bonchev–Trinajstić information content (AvgIpc) is 2.81. The van der Waals surface area contributed by atoms with Gasteiger partial charge < -0.3 is 14.8 Å². The Morgan fingerprint density at radius 1 is 1.29 bits per heavy atom. The molecule has 2 aromatic rings. The molecule has 1 amide bonds. The molecule has 1 N–H and O–H groups in total. The third-order valence-electron chi connectivity index (χ3n) is 3.42.